The molecule has 0 radical (unpaired) electrons. The number of carbonyl (C=O) groups excluding carboxylic acids is 1. The Kier molecular flexibility index (Phi) is 4.15. The molecular weight excluding hydrogens is 298 g/mol. The Hall–Kier alpha value is -2.67. The summed E-state index contributed by atoms with van der Waals surface area (Å²) >= 11 is 1.45. The van der Waals surface area contributed by atoms with Crippen LogP contribution in [0.3, 0.4) is 0 Å². The van der Waals surface area contributed by atoms with Crippen LogP contribution in [-0.4, -0.2) is 28.4 Å². The summed E-state index contributed by atoms with van der Waals surface area (Å²) in [7, 11) is 0. The van der Waals surface area contributed by atoms with Gasteiger partial charge in [0.15, 0.2) is 0 Å². The van der Waals surface area contributed by atoms with Gasteiger partial charge in [-0.3, -0.25) is 4.79 Å². The Balaban J connectivity index is 1.52. The lowest BCUT2D eigenvalue weighted by atomic mass is 10.2. The van der Waals surface area contributed by atoms with Crippen LogP contribution in [0.25, 0.3) is 10.1 Å². The normalized spacial score (nSPS) is 10.5. The van der Waals surface area contributed by atoms with Crippen LogP contribution in [0, 0.1) is 0 Å². The van der Waals surface area contributed by atoms with Gasteiger partial charge in [-0.25, -0.2) is 4.98 Å². The average molecular weight is 313 g/mol. The number of hydrogen-bond donors (Lipinski definition) is 3. The zero-order chi connectivity index (χ0) is 15.4. The van der Waals surface area contributed by atoms with Crippen molar-refractivity contribution in [1.82, 2.24) is 14.7 Å². The second-order valence-electron chi connectivity index (χ2n) is 4.66. The van der Waals surface area contributed by atoms with Crippen LogP contribution in [0.2, 0.25) is 0 Å². The topological polar surface area (TPSA) is 92.9 Å². The molecule has 1 aromatic carbocycles. The van der Waals surface area contributed by atoms with Gasteiger partial charge in [0.25, 0.3) is 5.91 Å². The number of hydrogen-bond acceptors (Lipinski definition) is 6. The van der Waals surface area contributed by atoms with Crippen molar-refractivity contribution in [3.05, 3.63) is 48.2 Å². The van der Waals surface area contributed by atoms with Crippen molar-refractivity contribution < 1.29 is 4.79 Å². The lowest BCUT2D eigenvalue weighted by Gasteiger charge is -2.06. The second-order valence-corrected chi connectivity index (χ2v) is 5.46. The molecule has 112 valence electrons. The van der Waals surface area contributed by atoms with E-state index in [4.69, 9.17) is 5.73 Å². The van der Waals surface area contributed by atoms with Gasteiger partial charge in [-0.2, -0.15) is 4.37 Å². The van der Waals surface area contributed by atoms with Gasteiger partial charge in [-0.1, -0.05) is 18.2 Å². The zero-order valence-electron chi connectivity index (χ0n) is 11.7. The molecule has 0 saturated heterocycles. The van der Waals surface area contributed by atoms with E-state index in [2.05, 4.69) is 20.0 Å². The highest BCUT2D eigenvalue weighted by Crippen LogP contribution is 2.25. The number of nitrogen functional groups attached to an aromatic ring is 1. The maximum Gasteiger partial charge on any atom is 0.270 e. The molecule has 0 unspecified atom stereocenters. The number of fused-ring (bicyclic) bond motifs is 1. The van der Waals surface area contributed by atoms with Crippen molar-refractivity contribution in [2.45, 2.75) is 0 Å². The van der Waals surface area contributed by atoms with E-state index < -0.39 is 0 Å². The van der Waals surface area contributed by atoms with E-state index in [1.54, 1.807) is 18.2 Å². The van der Waals surface area contributed by atoms with Gasteiger partial charge >= 0.3 is 0 Å². The number of nitrogens with zero attached hydrogens (tertiary/aromatic N) is 2. The first-order valence-electron chi connectivity index (χ1n) is 6.83. The average Bonchev–Trinajstić information content (AvgIpc) is 2.95. The number of nitrogens with two attached hydrogens (primary N) is 1. The Morgan fingerprint density at radius 1 is 1.14 bits per heavy atom. The monoisotopic (exact) mass is 313 g/mol. The maximum absolute atomic E-state index is 11.9. The van der Waals surface area contributed by atoms with Crippen molar-refractivity contribution >= 4 is 39.2 Å². The highest BCUT2D eigenvalue weighted by atomic mass is 32.1. The summed E-state index contributed by atoms with van der Waals surface area (Å²) in [5.41, 5.74) is 5.88. The van der Waals surface area contributed by atoms with E-state index in [-0.39, 0.29) is 5.91 Å². The number of nitrogens with one attached hydrogen (secondary N) is 2. The molecule has 6 nitrogen and oxygen atoms in total. The van der Waals surface area contributed by atoms with Gasteiger partial charge in [-0.15, -0.1) is 0 Å². The lowest BCUT2D eigenvalue weighted by Crippen LogP contribution is -2.29. The molecule has 0 fully saturated rings. The van der Waals surface area contributed by atoms with Gasteiger partial charge in [0.1, 0.15) is 17.3 Å². The van der Waals surface area contributed by atoms with E-state index in [9.17, 15) is 4.79 Å². The number of rotatable bonds is 5. The minimum absolute atomic E-state index is 0.239. The number of benzene rings is 1. The van der Waals surface area contributed by atoms with Gasteiger partial charge in [-0.05, 0) is 35.8 Å². The van der Waals surface area contributed by atoms with Gasteiger partial charge < -0.3 is 16.4 Å². The zero-order valence-corrected chi connectivity index (χ0v) is 12.6. The molecule has 0 aliphatic rings. The molecule has 1 amide bonds. The lowest BCUT2D eigenvalue weighted by molar-refractivity contribution is 0.0950. The summed E-state index contributed by atoms with van der Waals surface area (Å²) < 4.78 is 5.51. The van der Waals surface area contributed by atoms with Crippen LogP contribution in [0.1, 0.15) is 10.5 Å². The molecule has 0 bridgehead atoms. The maximum atomic E-state index is 11.9. The molecule has 0 aliphatic carbocycles. The Morgan fingerprint density at radius 3 is 2.86 bits per heavy atom. The van der Waals surface area contributed by atoms with E-state index >= 15 is 0 Å². The molecular formula is C15H15N5OS. The number of pyridine rings is 1. The highest BCUT2D eigenvalue weighted by Gasteiger charge is 2.07. The minimum atomic E-state index is -0.239. The number of carbonyl (C=O) groups is 1. The fourth-order valence-electron chi connectivity index (χ4n) is 2.04. The summed E-state index contributed by atoms with van der Waals surface area (Å²) in [5.74, 6) is 0.939. The molecule has 3 rings (SSSR count). The van der Waals surface area contributed by atoms with Crippen LogP contribution < -0.4 is 16.4 Å². The predicted molar refractivity (Wildman–Crippen MR) is 89.1 cm³/mol. The van der Waals surface area contributed by atoms with Crippen LogP contribution in [0.5, 0.6) is 0 Å². The first-order valence-corrected chi connectivity index (χ1v) is 7.60. The van der Waals surface area contributed by atoms with Gasteiger partial charge in [0, 0.05) is 18.5 Å². The van der Waals surface area contributed by atoms with Crippen molar-refractivity contribution in [3.8, 4) is 0 Å². The number of anilines is 2. The van der Waals surface area contributed by atoms with Crippen molar-refractivity contribution in [2.24, 2.45) is 0 Å². The molecule has 0 atom stereocenters. The Morgan fingerprint density at radius 2 is 2.00 bits per heavy atom. The molecule has 3 aromatic rings. The molecule has 0 aliphatic heterocycles. The SMILES string of the molecule is Nc1cccc(C(=O)NCCNc2nsc3ccccc23)n1. The van der Waals surface area contributed by atoms with E-state index in [0.29, 0.717) is 24.6 Å². The Labute approximate surface area is 131 Å². The fraction of sp³-hybridized carbons (Fsp3) is 0.133. The number of aromatic nitrogens is 2. The third kappa shape index (κ3) is 3.15. The van der Waals surface area contributed by atoms with E-state index in [1.165, 1.54) is 11.5 Å². The molecule has 22 heavy (non-hydrogen) atoms. The largest absolute Gasteiger partial charge is 0.384 e. The molecule has 2 heterocycles. The van der Waals surface area contributed by atoms with Crippen LogP contribution in [0.4, 0.5) is 11.6 Å². The highest BCUT2D eigenvalue weighted by molar-refractivity contribution is 7.13. The van der Waals surface area contributed by atoms with Crippen LogP contribution in [0.15, 0.2) is 42.5 Å². The third-order valence-electron chi connectivity index (χ3n) is 3.08. The van der Waals surface area contributed by atoms with Gasteiger partial charge in [0.2, 0.25) is 0 Å². The smallest absolute Gasteiger partial charge is 0.270 e. The summed E-state index contributed by atoms with van der Waals surface area (Å²) in [6, 6.07) is 13.0. The summed E-state index contributed by atoms with van der Waals surface area (Å²) in [4.78, 5) is 15.9. The second kappa shape index (κ2) is 6.40. The molecule has 0 saturated carbocycles. The summed E-state index contributed by atoms with van der Waals surface area (Å²) in [5, 5.41) is 7.11. The standard InChI is InChI=1S/C15H15N5OS/c16-13-7-3-5-11(19-13)15(21)18-9-8-17-14-10-4-1-2-6-12(10)22-20-14/h1-7H,8-9H2,(H2,16,19)(H,17,20)(H,18,21). The Bertz CT molecular complexity index is 801. The number of amides is 1. The summed E-state index contributed by atoms with van der Waals surface area (Å²) in [6.07, 6.45) is 0. The van der Waals surface area contributed by atoms with Crippen molar-refractivity contribution in [3.63, 3.8) is 0 Å². The van der Waals surface area contributed by atoms with Crippen LogP contribution in [-0.2, 0) is 0 Å². The molecule has 2 aromatic heterocycles. The van der Waals surface area contributed by atoms with Crippen LogP contribution >= 0.6 is 11.5 Å². The van der Waals surface area contributed by atoms with Crippen molar-refractivity contribution in [2.75, 3.05) is 24.1 Å². The summed E-state index contributed by atoms with van der Waals surface area (Å²) in [6.45, 7) is 1.06. The molecule has 4 N–H and O–H groups in total. The van der Waals surface area contributed by atoms with E-state index in [1.807, 2.05) is 24.3 Å². The predicted octanol–water partition coefficient (Wildman–Crippen LogP) is 2.12. The first-order chi connectivity index (χ1) is 10.7. The van der Waals surface area contributed by atoms with E-state index in [0.717, 1.165) is 15.9 Å². The molecule has 0 spiro atoms. The minimum Gasteiger partial charge on any atom is -0.384 e. The van der Waals surface area contributed by atoms with Crippen molar-refractivity contribution in [1.29, 1.82) is 0 Å². The quantitative estimate of drug-likeness (QED) is 0.627. The first kappa shape index (κ1) is 14.3. The molecule has 7 heteroatoms. The fourth-order valence-corrected chi connectivity index (χ4v) is 2.79. The third-order valence-corrected chi connectivity index (χ3v) is 3.91. The van der Waals surface area contributed by atoms with Gasteiger partial charge in [0.05, 0.1) is 4.70 Å².